The average molecular weight is 363 g/mol. The molecule has 0 aliphatic carbocycles. The zero-order valence-electron chi connectivity index (χ0n) is 16.1. The number of rotatable bonds is 5. The van der Waals surface area contributed by atoms with E-state index in [1.165, 1.54) is 11.1 Å². The first-order valence-electron chi connectivity index (χ1n) is 9.43. The Hall–Kier alpha value is -2.89. The van der Waals surface area contributed by atoms with Gasteiger partial charge >= 0.3 is 0 Å². The molecule has 1 aromatic carbocycles. The Kier molecular flexibility index (Phi) is 4.56. The second kappa shape index (κ2) is 7.02. The Morgan fingerprint density at radius 2 is 1.89 bits per heavy atom. The Morgan fingerprint density at radius 1 is 1.11 bits per heavy atom. The van der Waals surface area contributed by atoms with Gasteiger partial charge < -0.3 is 5.32 Å². The van der Waals surface area contributed by atoms with Gasteiger partial charge in [0.2, 0.25) is 5.91 Å². The van der Waals surface area contributed by atoms with Gasteiger partial charge in [-0.05, 0) is 44.7 Å². The molecule has 1 aliphatic rings. The van der Waals surface area contributed by atoms with E-state index in [2.05, 4.69) is 47.6 Å². The number of aromatic nitrogens is 4. The number of nitrogens with one attached hydrogen (secondary N) is 1. The predicted octanol–water partition coefficient (Wildman–Crippen LogP) is 3.57. The summed E-state index contributed by atoms with van der Waals surface area (Å²) in [4.78, 5) is 12.2. The van der Waals surface area contributed by atoms with Crippen LogP contribution in [0, 0.1) is 20.8 Å². The van der Waals surface area contributed by atoms with Gasteiger partial charge in [-0.3, -0.25) is 14.2 Å². The topological polar surface area (TPSA) is 64.7 Å². The third-order valence-electron chi connectivity index (χ3n) is 5.32. The zero-order valence-corrected chi connectivity index (χ0v) is 16.1. The highest BCUT2D eigenvalue weighted by molar-refractivity contribution is 5.93. The molecule has 3 aromatic rings. The molecular weight excluding hydrogens is 338 g/mol. The fourth-order valence-electron chi connectivity index (χ4n) is 3.99. The SMILES string of the molecule is Cc1cc(C)n(CCC2CC(=O)Nc3nn(Cc4ccccc4)c(C)c32)n1. The molecule has 0 bridgehead atoms. The van der Waals surface area contributed by atoms with Crippen LogP contribution in [-0.4, -0.2) is 25.5 Å². The van der Waals surface area contributed by atoms with Crippen molar-refractivity contribution in [3.8, 4) is 0 Å². The highest BCUT2D eigenvalue weighted by atomic mass is 16.1. The molecule has 0 spiro atoms. The van der Waals surface area contributed by atoms with Gasteiger partial charge in [-0.15, -0.1) is 0 Å². The van der Waals surface area contributed by atoms with E-state index in [1.807, 2.05) is 34.5 Å². The molecule has 1 aliphatic heterocycles. The van der Waals surface area contributed by atoms with Gasteiger partial charge in [0.1, 0.15) is 0 Å². The molecule has 1 N–H and O–H groups in total. The number of aryl methyl sites for hydroxylation is 3. The van der Waals surface area contributed by atoms with Crippen LogP contribution in [-0.2, 0) is 17.9 Å². The Bertz CT molecular complexity index is 970. The van der Waals surface area contributed by atoms with Crippen molar-refractivity contribution >= 4 is 11.7 Å². The van der Waals surface area contributed by atoms with Crippen LogP contribution in [0.3, 0.4) is 0 Å². The van der Waals surface area contributed by atoms with Crippen LogP contribution < -0.4 is 5.32 Å². The van der Waals surface area contributed by atoms with Gasteiger partial charge in [-0.25, -0.2) is 0 Å². The molecule has 140 valence electrons. The predicted molar refractivity (Wildman–Crippen MR) is 105 cm³/mol. The van der Waals surface area contributed by atoms with Crippen LogP contribution in [0.15, 0.2) is 36.4 Å². The fourth-order valence-corrected chi connectivity index (χ4v) is 3.99. The maximum Gasteiger partial charge on any atom is 0.226 e. The van der Waals surface area contributed by atoms with Crippen LogP contribution in [0.2, 0.25) is 0 Å². The van der Waals surface area contributed by atoms with Gasteiger partial charge in [0.15, 0.2) is 5.82 Å². The molecule has 27 heavy (non-hydrogen) atoms. The molecule has 1 unspecified atom stereocenters. The van der Waals surface area contributed by atoms with Crippen LogP contribution in [0.5, 0.6) is 0 Å². The van der Waals surface area contributed by atoms with E-state index in [9.17, 15) is 4.79 Å². The first-order chi connectivity index (χ1) is 13.0. The van der Waals surface area contributed by atoms with Crippen molar-refractivity contribution in [1.82, 2.24) is 19.6 Å². The van der Waals surface area contributed by atoms with E-state index in [0.29, 0.717) is 13.0 Å². The quantitative estimate of drug-likeness (QED) is 0.754. The lowest BCUT2D eigenvalue weighted by atomic mass is 9.89. The average Bonchev–Trinajstić information content (AvgIpc) is 3.12. The summed E-state index contributed by atoms with van der Waals surface area (Å²) in [6.07, 6.45) is 1.38. The van der Waals surface area contributed by atoms with E-state index in [0.717, 1.165) is 35.9 Å². The largest absolute Gasteiger partial charge is 0.309 e. The van der Waals surface area contributed by atoms with Gasteiger partial charge in [0, 0.05) is 29.9 Å². The highest BCUT2D eigenvalue weighted by Crippen LogP contribution is 2.37. The molecule has 0 radical (unpaired) electrons. The number of benzene rings is 1. The number of anilines is 1. The first-order valence-corrected chi connectivity index (χ1v) is 9.43. The van der Waals surface area contributed by atoms with Crippen molar-refractivity contribution in [2.45, 2.75) is 52.6 Å². The smallest absolute Gasteiger partial charge is 0.226 e. The third kappa shape index (κ3) is 3.52. The Labute approximate surface area is 159 Å². The van der Waals surface area contributed by atoms with Crippen LogP contribution >= 0.6 is 0 Å². The van der Waals surface area contributed by atoms with Crippen LogP contribution in [0.25, 0.3) is 0 Å². The molecule has 3 heterocycles. The van der Waals surface area contributed by atoms with E-state index in [4.69, 9.17) is 0 Å². The van der Waals surface area contributed by atoms with Crippen molar-refractivity contribution in [2.24, 2.45) is 0 Å². The van der Waals surface area contributed by atoms with Crippen LogP contribution in [0.4, 0.5) is 5.82 Å². The molecule has 6 nitrogen and oxygen atoms in total. The Balaban J connectivity index is 1.59. The van der Waals surface area contributed by atoms with Gasteiger partial charge in [0.05, 0.1) is 12.2 Å². The number of hydrogen-bond acceptors (Lipinski definition) is 3. The maximum absolute atomic E-state index is 12.2. The number of fused-ring (bicyclic) bond motifs is 1. The summed E-state index contributed by atoms with van der Waals surface area (Å²) >= 11 is 0. The molecular formula is C21H25N5O. The number of carbonyl (C=O) groups excluding carboxylic acids is 1. The molecule has 0 saturated carbocycles. The first kappa shape index (κ1) is 17.5. The molecule has 6 heteroatoms. The van der Waals surface area contributed by atoms with E-state index in [1.54, 1.807) is 0 Å². The minimum absolute atomic E-state index is 0.0465. The summed E-state index contributed by atoms with van der Waals surface area (Å²) in [6.45, 7) is 7.69. The second-order valence-electron chi connectivity index (χ2n) is 7.38. The zero-order chi connectivity index (χ0) is 19.0. The molecule has 1 atom stereocenters. The van der Waals surface area contributed by atoms with Crippen molar-refractivity contribution < 1.29 is 4.79 Å². The number of hydrogen-bond donors (Lipinski definition) is 1. The van der Waals surface area contributed by atoms with Crippen molar-refractivity contribution in [1.29, 1.82) is 0 Å². The Morgan fingerprint density at radius 3 is 2.59 bits per heavy atom. The lowest BCUT2D eigenvalue weighted by Crippen LogP contribution is -2.23. The molecule has 2 aromatic heterocycles. The van der Waals surface area contributed by atoms with Gasteiger partial charge in [-0.2, -0.15) is 10.2 Å². The summed E-state index contributed by atoms with van der Waals surface area (Å²) in [5, 5.41) is 12.2. The maximum atomic E-state index is 12.2. The number of carbonyl (C=O) groups is 1. The molecule has 0 fully saturated rings. The lowest BCUT2D eigenvalue weighted by molar-refractivity contribution is -0.116. The normalized spacial score (nSPS) is 16.3. The second-order valence-corrected chi connectivity index (χ2v) is 7.38. The molecule has 1 amide bonds. The number of nitrogens with zero attached hydrogens (tertiary/aromatic N) is 4. The standard InChI is InChI=1S/C21H25N5O/c1-14-11-15(2)25(23-14)10-9-18-12-19(27)22-21-20(18)16(3)26(24-21)13-17-7-5-4-6-8-17/h4-8,11,18H,9-10,12-13H2,1-3H3,(H,22,24,27). The van der Waals surface area contributed by atoms with Gasteiger partial charge in [-0.1, -0.05) is 30.3 Å². The van der Waals surface area contributed by atoms with Crippen molar-refractivity contribution in [2.75, 3.05) is 5.32 Å². The summed E-state index contributed by atoms with van der Waals surface area (Å²) in [6, 6.07) is 12.4. The van der Waals surface area contributed by atoms with E-state index in [-0.39, 0.29) is 11.8 Å². The monoisotopic (exact) mass is 363 g/mol. The third-order valence-corrected chi connectivity index (χ3v) is 5.32. The van der Waals surface area contributed by atoms with Gasteiger partial charge in [0.25, 0.3) is 0 Å². The lowest BCUT2D eigenvalue weighted by Gasteiger charge is -2.22. The molecule has 4 rings (SSSR count). The highest BCUT2D eigenvalue weighted by Gasteiger charge is 2.30. The fraction of sp³-hybridized carbons (Fsp3) is 0.381. The van der Waals surface area contributed by atoms with Crippen LogP contribution in [0.1, 0.15) is 47.0 Å². The van der Waals surface area contributed by atoms with Crippen molar-refractivity contribution in [3.05, 3.63) is 64.6 Å². The van der Waals surface area contributed by atoms with Crippen molar-refractivity contribution in [3.63, 3.8) is 0 Å². The summed E-state index contributed by atoms with van der Waals surface area (Å²) in [5.41, 5.74) is 5.69. The molecule has 0 saturated heterocycles. The summed E-state index contributed by atoms with van der Waals surface area (Å²) in [7, 11) is 0. The summed E-state index contributed by atoms with van der Waals surface area (Å²) in [5.74, 6) is 0.936. The van der Waals surface area contributed by atoms with E-state index >= 15 is 0 Å². The minimum atomic E-state index is 0.0465. The minimum Gasteiger partial charge on any atom is -0.309 e. The van der Waals surface area contributed by atoms with E-state index < -0.39 is 0 Å². The summed E-state index contributed by atoms with van der Waals surface area (Å²) < 4.78 is 4.03. The number of amides is 1.